The summed E-state index contributed by atoms with van der Waals surface area (Å²) in [5.74, 6) is 1.48. The van der Waals surface area contributed by atoms with Crippen LogP contribution in [0.3, 0.4) is 0 Å². The number of anilines is 1. The van der Waals surface area contributed by atoms with E-state index in [1.165, 1.54) is 11.1 Å². The lowest BCUT2D eigenvalue weighted by Crippen LogP contribution is -2.33. The Labute approximate surface area is 143 Å². The molecular weight excluding hydrogens is 304 g/mol. The molecule has 0 aliphatic rings. The number of rotatable bonds is 8. The van der Waals surface area contributed by atoms with Gasteiger partial charge >= 0.3 is 0 Å². The number of aryl methyl sites for hydroxylation is 1. The fraction of sp³-hybridized carbons (Fsp3) is 0.316. The van der Waals surface area contributed by atoms with Crippen LogP contribution in [-0.2, 0) is 10.5 Å². The molecule has 0 unspecified atom stereocenters. The van der Waals surface area contributed by atoms with Gasteiger partial charge in [-0.05, 0) is 24.6 Å². The number of nitrogens with one attached hydrogen (secondary N) is 1. The molecule has 0 heterocycles. The molecule has 0 saturated heterocycles. The Morgan fingerprint density at radius 1 is 1.13 bits per heavy atom. The summed E-state index contributed by atoms with van der Waals surface area (Å²) in [6, 6.07) is 18.6. The third-order valence-corrected chi connectivity index (χ3v) is 4.55. The summed E-state index contributed by atoms with van der Waals surface area (Å²) in [6.45, 7) is 3.55. The van der Waals surface area contributed by atoms with Gasteiger partial charge in [0, 0.05) is 31.6 Å². The van der Waals surface area contributed by atoms with Crippen LogP contribution in [0.4, 0.5) is 5.69 Å². The molecule has 0 bridgehead atoms. The summed E-state index contributed by atoms with van der Waals surface area (Å²) in [7, 11) is 2.04. The number of hydrogen-bond acceptors (Lipinski definition) is 3. The van der Waals surface area contributed by atoms with E-state index in [0.29, 0.717) is 12.3 Å². The molecular formula is C19H24N2OS. The van der Waals surface area contributed by atoms with E-state index < -0.39 is 0 Å². The van der Waals surface area contributed by atoms with Gasteiger partial charge in [-0.2, -0.15) is 0 Å². The van der Waals surface area contributed by atoms with Crippen molar-refractivity contribution in [2.75, 3.05) is 30.8 Å². The van der Waals surface area contributed by atoms with Gasteiger partial charge in [0.05, 0.1) is 5.75 Å². The highest BCUT2D eigenvalue weighted by atomic mass is 32.2. The smallest absolute Gasteiger partial charge is 0.230 e. The second-order valence-electron chi connectivity index (χ2n) is 5.59. The van der Waals surface area contributed by atoms with Gasteiger partial charge in [-0.3, -0.25) is 4.79 Å². The second kappa shape index (κ2) is 9.26. The fourth-order valence-electron chi connectivity index (χ4n) is 2.29. The van der Waals surface area contributed by atoms with Gasteiger partial charge < -0.3 is 10.2 Å². The Kier molecular flexibility index (Phi) is 7.01. The highest BCUT2D eigenvalue weighted by molar-refractivity contribution is 7.99. The van der Waals surface area contributed by atoms with Crippen LogP contribution in [0.1, 0.15) is 11.1 Å². The zero-order valence-corrected chi connectivity index (χ0v) is 14.6. The van der Waals surface area contributed by atoms with Gasteiger partial charge in [-0.1, -0.05) is 48.0 Å². The summed E-state index contributed by atoms with van der Waals surface area (Å²) in [4.78, 5) is 14.0. The van der Waals surface area contributed by atoms with Gasteiger partial charge in [0.2, 0.25) is 5.91 Å². The van der Waals surface area contributed by atoms with Crippen LogP contribution in [0.5, 0.6) is 0 Å². The first-order chi connectivity index (χ1) is 11.1. The third kappa shape index (κ3) is 6.37. The van der Waals surface area contributed by atoms with Crippen molar-refractivity contribution >= 4 is 23.4 Å². The number of carbonyl (C=O) groups is 1. The van der Waals surface area contributed by atoms with Crippen molar-refractivity contribution in [2.24, 2.45) is 0 Å². The number of benzene rings is 2. The number of thioether (sulfide) groups is 1. The molecule has 2 aromatic carbocycles. The molecule has 0 spiro atoms. The normalized spacial score (nSPS) is 10.3. The number of amides is 1. The quantitative estimate of drug-likeness (QED) is 0.805. The van der Waals surface area contributed by atoms with Crippen LogP contribution in [0, 0.1) is 6.92 Å². The average molecular weight is 328 g/mol. The summed E-state index contributed by atoms with van der Waals surface area (Å²) in [5, 5.41) is 2.98. The number of hydrogen-bond donors (Lipinski definition) is 1. The third-order valence-electron chi connectivity index (χ3n) is 3.55. The number of carbonyl (C=O) groups excluding carboxylic acids is 1. The molecule has 3 nitrogen and oxygen atoms in total. The Bertz CT molecular complexity index is 616. The molecule has 0 fully saturated rings. The van der Waals surface area contributed by atoms with Gasteiger partial charge in [0.25, 0.3) is 0 Å². The maximum Gasteiger partial charge on any atom is 0.230 e. The lowest BCUT2D eigenvalue weighted by Gasteiger charge is -2.19. The maximum absolute atomic E-state index is 11.9. The van der Waals surface area contributed by atoms with E-state index in [0.717, 1.165) is 18.0 Å². The molecule has 0 atom stereocenters. The van der Waals surface area contributed by atoms with E-state index in [9.17, 15) is 4.79 Å². The molecule has 23 heavy (non-hydrogen) atoms. The number of nitrogens with zero attached hydrogens (tertiary/aromatic N) is 1. The van der Waals surface area contributed by atoms with Crippen LogP contribution in [0.2, 0.25) is 0 Å². The number of para-hydroxylation sites is 1. The molecule has 1 amide bonds. The first-order valence-electron chi connectivity index (χ1n) is 7.81. The van der Waals surface area contributed by atoms with E-state index in [-0.39, 0.29) is 5.91 Å². The first-order valence-corrected chi connectivity index (χ1v) is 8.97. The predicted octanol–water partition coefficient (Wildman–Crippen LogP) is 3.48. The topological polar surface area (TPSA) is 32.3 Å². The molecule has 2 aromatic rings. The minimum atomic E-state index is 0.101. The lowest BCUT2D eigenvalue weighted by atomic mass is 10.2. The molecule has 1 N–H and O–H groups in total. The highest BCUT2D eigenvalue weighted by Gasteiger charge is 2.04. The Balaban J connectivity index is 1.62. The van der Waals surface area contributed by atoms with Gasteiger partial charge in [0.1, 0.15) is 0 Å². The van der Waals surface area contributed by atoms with Crippen molar-refractivity contribution in [3.8, 4) is 0 Å². The Hall–Kier alpha value is -1.94. The zero-order valence-electron chi connectivity index (χ0n) is 13.8. The summed E-state index contributed by atoms with van der Waals surface area (Å²) < 4.78 is 0. The molecule has 0 radical (unpaired) electrons. The SMILES string of the molecule is Cc1cccc(CSCC(=O)NCCN(C)c2ccccc2)c1. The van der Waals surface area contributed by atoms with Crippen LogP contribution >= 0.6 is 11.8 Å². The first kappa shape index (κ1) is 17.4. The van der Waals surface area contributed by atoms with Crippen LogP contribution < -0.4 is 10.2 Å². The Morgan fingerprint density at radius 2 is 1.91 bits per heavy atom. The summed E-state index contributed by atoms with van der Waals surface area (Å²) in [5.41, 5.74) is 3.69. The maximum atomic E-state index is 11.9. The average Bonchev–Trinajstić information content (AvgIpc) is 2.55. The standard InChI is InChI=1S/C19H24N2OS/c1-16-7-6-8-17(13-16)14-23-15-19(22)20-11-12-21(2)18-9-4-3-5-10-18/h3-10,13H,11-12,14-15H2,1-2H3,(H,20,22). The molecule has 4 heteroatoms. The molecule has 122 valence electrons. The highest BCUT2D eigenvalue weighted by Crippen LogP contribution is 2.13. The fourth-order valence-corrected chi connectivity index (χ4v) is 3.09. The van der Waals surface area contributed by atoms with Gasteiger partial charge in [-0.25, -0.2) is 0 Å². The van der Waals surface area contributed by atoms with Crippen molar-refractivity contribution in [3.63, 3.8) is 0 Å². The largest absolute Gasteiger partial charge is 0.373 e. The Morgan fingerprint density at radius 3 is 2.65 bits per heavy atom. The van der Waals surface area contributed by atoms with Crippen LogP contribution in [0.25, 0.3) is 0 Å². The van der Waals surface area contributed by atoms with Gasteiger partial charge in [0.15, 0.2) is 0 Å². The van der Waals surface area contributed by atoms with Crippen molar-refractivity contribution in [1.82, 2.24) is 5.32 Å². The lowest BCUT2D eigenvalue weighted by molar-refractivity contribution is -0.118. The second-order valence-corrected chi connectivity index (χ2v) is 6.57. The monoisotopic (exact) mass is 328 g/mol. The van der Waals surface area contributed by atoms with E-state index in [1.807, 2.05) is 25.2 Å². The molecule has 0 aliphatic heterocycles. The van der Waals surface area contributed by atoms with E-state index in [1.54, 1.807) is 11.8 Å². The summed E-state index contributed by atoms with van der Waals surface area (Å²) in [6.07, 6.45) is 0. The van der Waals surface area contributed by atoms with E-state index in [2.05, 4.69) is 53.5 Å². The molecule has 0 aliphatic carbocycles. The zero-order chi connectivity index (χ0) is 16.5. The van der Waals surface area contributed by atoms with Crippen molar-refractivity contribution < 1.29 is 4.79 Å². The van der Waals surface area contributed by atoms with Crippen LogP contribution in [-0.4, -0.2) is 31.8 Å². The molecule has 2 rings (SSSR count). The van der Waals surface area contributed by atoms with Crippen molar-refractivity contribution in [1.29, 1.82) is 0 Å². The minimum Gasteiger partial charge on any atom is -0.373 e. The summed E-state index contributed by atoms with van der Waals surface area (Å²) >= 11 is 1.65. The van der Waals surface area contributed by atoms with E-state index in [4.69, 9.17) is 0 Å². The predicted molar refractivity (Wildman–Crippen MR) is 100 cm³/mol. The minimum absolute atomic E-state index is 0.101. The number of likely N-dealkylation sites (N-methyl/N-ethyl adjacent to an activating group) is 1. The van der Waals surface area contributed by atoms with Crippen LogP contribution in [0.15, 0.2) is 54.6 Å². The molecule has 0 aromatic heterocycles. The molecule has 0 saturated carbocycles. The van der Waals surface area contributed by atoms with Crippen molar-refractivity contribution in [2.45, 2.75) is 12.7 Å². The van der Waals surface area contributed by atoms with E-state index >= 15 is 0 Å². The van der Waals surface area contributed by atoms with Gasteiger partial charge in [-0.15, -0.1) is 11.8 Å². The van der Waals surface area contributed by atoms with Crippen molar-refractivity contribution in [3.05, 3.63) is 65.7 Å².